The molecule has 3 aromatic heterocycles. The van der Waals surface area contributed by atoms with Gasteiger partial charge in [-0.2, -0.15) is 24.7 Å². The third-order valence-electron chi connectivity index (χ3n) is 14.4. The largest absolute Gasteiger partial charge is 0.481 e. The van der Waals surface area contributed by atoms with Gasteiger partial charge in [0, 0.05) is 78.3 Å². The topological polar surface area (TPSA) is 311 Å². The van der Waals surface area contributed by atoms with Gasteiger partial charge in [-0.1, -0.05) is 7.43 Å². The van der Waals surface area contributed by atoms with Crippen molar-refractivity contribution in [2.45, 2.75) is 121 Å². The minimum atomic E-state index is -0.890. The maximum Gasteiger partial charge on any atom is 0.311 e. The average Bonchev–Trinajstić information content (AvgIpc) is 4.03. The van der Waals surface area contributed by atoms with E-state index in [2.05, 4.69) is 36.3 Å². The Kier molecular flexibility index (Phi) is 16.0. The molecular formula is C52H63F3N12O7. The first kappa shape index (κ1) is 52.9. The number of hydrogen-bond acceptors (Lipinski definition) is 15. The lowest BCUT2D eigenvalue weighted by Crippen LogP contribution is -2.28. The molecule has 1 unspecified atom stereocenters. The summed E-state index contributed by atoms with van der Waals surface area (Å²) in [5, 5.41) is 62.5. The second kappa shape index (κ2) is 22.4. The number of aromatic amines is 1. The summed E-state index contributed by atoms with van der Waals surface area (Å²) in [4.78, 5) is 36.9. The predicted molar refractivity (Wildman–Crippen MR) is 273 cm³/mol. The van der Waals surface area contributed by atoms with Crippen molar-refractivity contribution >= 4 is 52.3 Å². The quantitative estimate of drug-likeness (QED) is 0.102. The molecule has 6 aromatic rings. The molecule has 12 rings (SSSR count). The van der Waals surface area contributed by atoms with Crippen molar-refractivity contribution in [3.8, 4) is 0 Å². The lowest BCUT2D eigenvalue weighted by atomic mass is 9.90. The summed E-state index contributed by atoms with van der Waals surface area (Å²) in [7, 11) is 0. The lowest BCUT2D eigenvalue weighted by Gasteiger charge is -2.25. The summed E-state index contributed by atoms with van der Waals surface area (Å²) in [5.74, 6) is -2.77. The van der Waals surface area contributed by atoms with Crippen LogP contribution in [0.1, 0.15) is 124 Å². The Bertz CT molecular complexity index is 2910. The summed E-state index contributed by atoms with van der Waals surface area (Å²) in [6.07, 6.45) is 6.14. The van der Waals surface area contributed by atoms with Crippen LogP contribution in [-0.2, 0) is 43.3 Å². The van der Waals surface area contributed by atoms with Gasteiger partial charge in [0.15, 0.2) is 0 Å². The van der Waals surface area contributed by atoms with E-state index in [9.17, 15) is 42.9 Å². The number of carboxylic acids is 1. The summed E-state index contributed by atoms with van der Waals surface area (Å²) in [6, 6.07) is 13.1. The molecule has 0 saturated heterocycles. The van der Waals surface area contributed by atoms with Crippen LogP contribution in [0.5, 0.6) is 0 Å². The van der Waals surface area contributed by atoms with E-state index < -0.39 is 41.7 Å². The predicted octanol–water partition coefficient (Wildman–Crippen LogP) is 5.67. The molecule has 0 radical (unpaired) electrons. The van der Waals surface area contributed by atoms with Crippen LogP contribution in [0.2, 0.25) is 0 Å². The zero-order valence-corrected chi connectivity index (χ0v) is 39.9. The molecule has 0 amide bonds. The van der Waals surface area contributed by atoms with Crippen molar-refractivity contribution in [3.05, 3.63) is 123 Å². The van der Waals surface area contributed by atoms with E-state index in [1.807, 2.05) is 0 Å². The number of aliphatic carboxylic acids is 1. The second-order valence-electron chi connectivity index (χ2n) is 19.2. The van der Waals surface area contributed by atoms with Gasteiger partial charge in [0.05, 0.1) is 47.5 Å². The standard InChI is InChI=1S/2C17H19FN4O2.C10H10FNO2.C7H11N3O.CH4/c2*18-9-1-4-14-13(7-9)11(5-6-20-14)17(24)22-16(19)12-3-2-10(23)8-15(12)21-22;11-6-1-2-9-8(5-6)7(10(13)14)3-4-12-9;8-7-5-2-1-4(11)3-6(5)9-10-7;/h2*1,4,7,10-11,20,23H,2-3,5-6,8,19H2;1-2,5,7,12H,3-4H2,(H,13,14);4,11H,1-3H2,(H3,8,9,10);1H4/t10-,11+;10-,11-;;4-;/m11.1./s1. The molecule has 74 heavy (non-hydrogen) atoms. The minimum Gasteiger partial charge on any atom is -0.481 e. The first-order valence-corrected chi connectivity index (χ1v) is 24.5. The zero-order chi connectivity index (χ0) is 51.7. The minimum absolute atomic E-state index is 0. The Hall–Kier alpha value is -7.43. The maximum absolute atomic E-state index is 13.6. The summed E-state index contributed by atoms with van der Waals surface area (Å²) in [6.45, 7) is 1.89. The Labute approximate surface area is 424 Å². The third kappa shape index (κ3) is 11.1. The Morgan fingerprint density at radius 1 is 0.554 bits per heavy atom. The van der Waals surface area contributed by atoms with E-state index in [-0.39, 0.29) is 37.0 Å². The number of nitrogens with two attached hydrogens (primary N) is 3. The van der Waals surface area contributed by atoms with Crippen LogP contribution in [0.4, 0.5) is 47.7 Å². The number of rotatable bonds is 3. The normalized spacial score (nSPS) is 21.7. The molecular weight excluding hydrogens is 962 g/mol. The van der Waals surface area contributed by atoms with Crippen molar-refractivity contribution in [2.24, 2.45) is 0 Å². The van der Waals surface area contributed by atoms with Gasteiger partial charge in [0.2, 0.25) is 0 Å². The molecule has 22 heteroatoms. The third-order valence-corrected chi connectivity index (χ3v) is 14.4. The van der Waals surface area contributed by atoms with Crippen molar-refractivity contribution in [1.29, 1.82) is 0 Å². The molecule has 3 aromatic carbocycles. The summed E-state index contributed by atoms with van der Waals surface area (Å²) < 4.78 is 42.7. The van der Waals surface area contributed by atoms with Crippen LogP contribution in [0.3, 0.4) is 0 Å². The highest BCUT2D eigenvalue weighted by Gasteiger charge is 2.35. The first-order chi connectivity index (χ1) is 35.0. The number of nitrogens with zero attached hydrogens (tertiary/aromatic N) is 5. The van der Waals surface area contributed by atoms with Gasteiger partial charge >= 0.3 is 5.97 Å². The van der Waals surface area contributed by atoms with Gasteiger partial charge in [-0.05, 0) is 129 Å². The number of anilines is 6. The molecule has 19 nitrogen and oxygen atoms in total. The van der Waals surface area contributed by atoms with Gasteiger partial charge < -0.3 is 53.6 Å². The molecule has 0 saturated carbocycles. The molecule has 3 aliphatic carbocycles. The number of halogens is 3. The van der Waals surface area contributed by atoms with Crippen LogP contribution >= 0.6 is 0 Å². The summed E-state index contributed by atoms with van der Waals surface area (Å²) in [5.41, 5.74) is 27.1. The van der Waals surface area contributed by atoms with Gasteiger partial charge in [0.25, 0.3) is 11.8 Å². The molecule has 0 spiro atoms. The molecule has 6 atom stereocenters. The van der Waals surface area contributed by atoms with Crippen molar-refractivity contribution in [3.63, 3.8) is 0 Å². The Morgan fingerprint density at radius 3 is 1.35 bits per heavy atom. The van der Waals surface area contributed by atoms with Crippen molar-refractivity contribution in [2.75, 3.05) is 52.8 Å². The van der Waals surface area contributed by atoms with E-state index in [1.165, 1.54) is 45.8 Å². The number of aliphatic hydroxyl groups excluding tert-OH is 3. The van der Waals surface area contributed by atoms with E-state index in [4.69, 9.17) is 22.3 Å². The van der Waals surface area contributed by atoms with E-state index in [0.29, 0.717) is 129 Å². The number of nitrogen functional groups attached to an aromatic ring is 3. The fourth-order valence-corrected chi connectivity index (χ4v) is 10.5. The zero-order valence-electron chi connectivity index (χ0n) is 39.9. The Balaban J connectivity index is 0.000000137. The molecule has 0 fully saturated rings. The number of carboxylic acid groups (broad SMARTS) is 1. The van der Waals surface area contributed by atoms with E-state index in [0.717, 1.165) is 52.3 Å². The van der Waals surface area contributed by atoms with E-state index in [1.54, 1.807) is 18.2 Å². The van der Waals surface area contributed by atoms with Crippen LogP contribution in [0.25, 0.3) is 0 Å². The van der Waals surface area contributed by atoms with Gasteiger partial charge in [-0.3, -0.25) is 19.5 Å². The second-order valence-corrected chi connectivity index (χ2v) is 19.2. The van der Waals surface area contributed by atoms with Crippen LogP contribution in [0, 0.1) is 17.5 Å². The molecule has 0 bridgehead atoms. The van der Waals surface area contributed by atoms with Gasteiger partial charge in [-0.25, -0.2) is 13.2 Å². The lowest BCUT2D eigenvalue weighted by molar-refractivity contribution is -0.139. The van der Waals surface area contributed by atoms with Crippen LogP contribution in [0.15, 0.2) is 54.6 Å². The van der Waals surface area contributed by atoms with E-state index >= 15 is 0 Å². The molecule has 3 aliphatic heterocycles. The number of fused-ring (bicyclic) bond motifs is 6. The van der Waals surface area contributed by atoms with Crippen molar-refractivity contribution < 1.29 is 48.0 Å². The molecule has 6 aliphatic rings. The number of nitrogens with one attached hydrogen (secondary N) is 4. The van der Waals surface area contributed by atoms with Gasteiger partial charge in [-0.15, -0.1) is 0 Å². The highest BCUT2D eigenvalue weighted by atomic mass is 19.1. The smallest absolute Gasteiger partial charge is 0.311 e. The van der Waals surface area contributed by atoms with Crippen molar-refractivity contribution in [1.82, 2.24) is 29.8 Å². The number of carbonyl (C=O) groups is 3. The molecule has 6 heterocycles. The first-order valence-electron chi connectivity index (χ1n) is 24.5. The fraction of sp³-hybridized carbons (Fsp3) is 0.423. The van der Waals surface area contributed by atoms with Gasteiger partial charge in [0.1, 0.15) is 34.9 Å². The molecule has 14 N–H and O–H groups in total. The van der Waals surface area contributed by atoms with Crippen LogP contribution < -0.4 is 33.2 Å². The number of H-pyrrole nitrogens is 1. The number of aliphatic hydroxyl groups is 3. The summed E-state index contributed by atoms with van der Waals surface area (Å²) >= 11 is 0. The maximum atomic E-state index is 13.6. The van der Waals surface area contributed by atoms with Crippen LogP contribution in [-0.4, -0.2) is 106 Å². The number of benzene rings is 3. The number of aromatic nitrogens is 6. The highest BCUT2D eigenvalue weighted by Crippen LogP contribution is 2.38. The Morgan fingerprint density at radius 2 is 0.932 bits per heavy atom. The average molecular weight is 1030 g/mol. The number of carbonyl (C=O) groups excluding carboxylic acids is 2. The fourth-order valence-electron chi connectivity index (χ4n) is 10.5. The monoisotopic (exact) mass is 1020 g/mol. The number of hydrogen-bond donors (Lipinski definition) is 11. The highest BCUT2D eigenvalue weighted by molar-refractivity contribution is 5.91. The molecule has 394 valence electrons. The SMILES string of the molecule is C.Nc1c2c(nn1C(=O)[C@@H]1CCNc3ccc(F)cc31)C[C@H](O)CC2.Nc1c2c(nn1C(=O)[C@H]1CCNc3ccc(F)cc31)C[C@H](O)CC2.Nc1n[nH]c2c1CC[C@@H](O)C2.O=C(O)C1CCNc2ccc(F)cc21.